The van der Waals surface area contributed by atoms with Crippen LogP contribution < -0.4 is 0 Å². The third kappa shape index (κ3) is 1.41. The standard InChI is InChI=1S/C10H13NO5/c1-2-16-7-4-5-3-6(7)8(9(12)13)11(5)10(14)15/h2,5-8H,1,3-4H2,(H,12,13)(H,14,15)/t5?,6?,7-,8?/m0/s1. The summed E-state index contributed by atoms with van der Waals surface area (Å²) in [6, 6.07) is -1.23. The first-order chi connectivity index (χ1) is 7.56. The van der Waals surface area contributed by atoms with Crippen molar-refractivity contribution in [3.63, 3.8) is 0 Å². The number of fused-ring (bicyclic) bond motifs is 2. The first kappa shape index (κ1) is 10.8. The summed E-state index contributed by atoms with van der Waals surface area (Å²) in [7, 11) is 0. The summed E-state index contributed by atoms with van der Waals surface area (Å²) in [5.74, 6) is -1.37. The number of carbonyl (C=O) groups is 2. The molecule has 6 nitrogen and oxygen atoms in total. The zero-order chi connectivity index (χ0) is 11.9. The minimum Gasteiger partial charge on any atom is -0.498 e. The zero-order valence-electron chi connectivity index (χ0n) is 8.57. The molecule has 2 bridgehead atoms. The Hall–Kier alpha value is -1.72. The van der Waals surface area contributed by atoms with Crippen LogP contribution in [-0.2, 0) is 9.53 Å². The Morgan fingerprint density at radius 2 is 2.06 bits per heavy atom. The average molecular weight is 227 g/mol. The SMILES string of the molecule is C=CO[C@H]1CC2CC1C(C(=O)O)N2C(=O)O. The average Bonchev–Trinajstić information content (AvgIpc) is 2.73. The van der Waals surface area contributed by atoms with Gasteiger partial charge in [0.1, 0.15) is 12.1 Å². The van der Waals surface area contributed by atoms with Crippen LogP contribution in [0.4, 0.5) is 4.79 Å². The van der Waals surface area contributed by atoms with Crippen molar-refractivity contribution in [2.45, 2.75) is 31.0 Å². The summed E-state index contributed by atoms with van der Waals surface area (Å²) < 4.78 is 5.23. The lowest BCUT2D eigenvalue weighted by Crippen LogP contribution is -2.52. The van der Waals surface area contributed by atoms with Gasteiger partial charge in [0.2, 0.25) is 0 Å². The highest BCUT2D eigenvalue weighted by Gasteiger charge is 2.57. The van der Waals surface area contributed by atoms with Crippen molar-refractivity contribution in [2.75, 3.05) is 0 Å². The number of aliphatic carboxylic acids is 1. The number of likely N-dealkylation sites (tertiary alicyclic amines) is 1. The van der Waals surface area contributed by atoms with Gasteiger partial charge in [-0.3, -0.25) is 4.90 Å². The van der Waals surface area contributed by atoms with E-state index in [1.807, 2.05) is 0 Å². The van der Waals surface area contributed by atoms with Crippen LogP contribution in [-0.4, -0.2) is 45.4 Å². The Balaban J connectivity index is 2.21. The minimum atomic E-state index is -1.17. The van der Waals surface area contributed by atoms with Crippen LogP contribution in [0.25, 0.3) is 0 Å². The highest BCUT2D eigenvalue weighted by atomic mass is 16.5. The maximum atomic E-state index is 11.1. The van der Waals surface area contributed by atoms with Crippen molar-refractivity contribution in [1.29, 1.82) is 0 Å². The molecule has 0 aromatic heterocycles. The third-order valence-electron chi connectivity index (χ3n) is 3.37. The van der Waals surface area contributed by atoms with Crippen LogP contribution in [0.1, 0.15) is 12.8 Å². The fourth-order valence-electron chi connectivity index (χ4n) is 2.86. The van der Waals surface area contributed by atoms with Gasteiger partial charge in [0.05, 0.1) is 6.26 Å². The molecule has 3 unspecified atom stereocenters. The molecule has 2 aliphatic rings. The molecule has 1 aliphatic heterocycles. The summed E-state index contributed by atoms with van der Waals surface area (Å²) in [4.78, 5) is 23.1. The summed E-state index contributed by atoms with van der Waals surface area (Å²) in [6.45, 7) is 3.43. The molecule has 2 rings (SSSR count). The van der Waals surface area contributed by atoms with Gasteiger partial charge in [-0.25, -0.2) is 9.59 Å². The second-order valence-corrected chi connectivity index (χ2v) is 4.10. The quantitative estimate of drug-likeness (QED) is 0.694. The monoisotopic (exact) mass is 227 g/mol. The van der Waals surface area contributed by atoms with E-state index in [4.69, 9.17) is 14.9 Å². The Labute approximate surface area is 92.1 Å². The molecule has 0 aromatic carbocycles. The normalized spacial score (nSPS) is 36.1. The van der Waals surface area contributed by atoms with Crippen LogP contribution in [0.15, 0.2) is 12.8 Å². The highest BCUT2D eigenvalue weighted by molar-refractivity contribution is 5.81. The van der Waals surface area contributed by atoms with Gasteiger partial charge in [0, 0.05) is 18.4 Å². The van der Waals surface area contributed by atoms with Crippen molar-refractivity contribution in [1.82, 2.24) is 4.90 Å². The molecule has 0 spiro atoms. The van der Waals surface area contributed by atoms with Crippen molar-refractivity contribution in [3.05, 3.63) is 12.8 Å². The number of hydrogen-bond acceptors (Lipinski definition) is 3. The van der Waals surface area contributed by atoms with Crippen LogP contribution in [0.5, 0.6) is 0 Å². The lowest BCUT2D eigenvalue weighted by molar-refractivity contribution is -0.146. The number of ether oxygens (including phenoxy) is 1. The number of hydrogen-bond donors (Lipinski definition) is 2. The summed E-state index contributed by atoms with van der Waals surface area (Å²) in [6.07, 6.45) is 1.00. The second-order valence-electron chi connectivity index (χ2n) is 4.10. The van der Waals surface area contributed by atoms with Gasteiger partial charge >= 0.3 is 12.1 Å². The summed E-state index contributed by atoms with van der Waals surface area (Å²) in [5.41, 5.74) is 0. The fourth-order valence-corrected chi connectivity index (χ4v) is 2.86. The number of piperidine rings is 1. The topological polar surface area (TPSA) is 87.1 Å². The molecule has 1 amide bonds. The van der Waals surface area contributed by atoms with Gasteiger partial charge in [-0.05, 0) is 6.42 Å². The minimum absolute atomic E-state index is 0.223. The number of carboxylic acid groups (broad SMARTS) is 2. The molecule has 16 heavy (non-hydrogen) atoms. The van der Waals surface area contributed by atoms with Gasteiger partial charge in [-0.2, -0.15) is 0 Å². The maximum Gasteiger partial charge on any atom is 0.408 e. The van der Waals surface area contributed by atoms with Crippen LogP contribution >= 0.6 is 0 Å². The van der Waals surface area contributed by atoms with Gasteiger partial charge < -0.3 is 14.9 Å². The van der Waals surface area contributed by atoms with E-state index in [0.29, 0.717) is 12.8 Å². The zero-order valence-corrected chi connectivity index (χ0v) is 8.57. The lowest BCUT2D eigenvalue weighted by atomic mass is 9.96. The van der Waals surface area contributed by atoms with E-state index >= 15 is 0 Å². The fraction of sp³-hybridized carbons (Fsp3) is 0.600. The molecular weight excluding hydrogens is 214 g/mol. The van der Waals surface area contributed by atoms with Gasteiger partial charge in [-0.1, -0.05) is 6.58 Å². The van der Waals surface area contributed by atoms with Crippen LogP contribution in [0.3, 0.4) is 0 Å². The lowest BCUT2D eigenvalue weighted by Gasteiger charge is -2.34. The van der Waals surface area contributed by atoms with E-state index in [2.05, 4.69) is 6.58 Å². The molecule has 6 heteroatoms. The van der Waals surface area contributed by atoms with Gasteiger partial charge in [0.25, 0.3) is 0 Å². The van der Waals surface area contributed by atoms with E-state index < -0.39 is 18.1 Å². The molecule has 1 aliphatic carbocycles. The highest BCUT2D eigenvalue weighted by Crippen LogP contribution is 2.44. The molecule has 1 saturated heterocycles. The number of amides is 1. The van der Waals surface area contributed by atoms with E-state index in [1.54, 1.807) is 0 Å². The van der Waals surface area contributed by atoms with Gasteiger partial charge in [-0.15, -0.1) is 0 Å². The van der Waals surface area contributed by atoms with E-state index in [9.17, 15) is 9.59 Å². The molecule has 2 fully saturated rings. The van der Waals surface area contributed by atoms with Gasteiger partial charge in [0.15, 0.2) is 0 Å². The van der Waals surface area contributed by atoms with Crippen molar-refractivity contribution < 1.29 is 24.5 Å². The third-order valence-corrected chi connectivity index (χ3v) is 3.37. The summed E-state index contributed by atoms with van der Waals surface area (Å²) >= 11 is 0. The number of nitrogens with zero attached hydrogens (tertiary/aromatic N) is 1. The molecule has 2 N–H and O–H groups in total. The Morgan fingerprint density at radius 3 is 2.56 bits per heavy atom. The predicted octanol–water partition coefficient (Wildman–Crippen LogP) is 0.741. The Kier molecular flexibility index (Phi) is 2.49. The predicted molar refractivity (Wildman–Crippen MR) is 52.9 cm³/mol. The number of carboxylic acids is 1. The molecule has 1 saturated carbocycles. The molecule has 88 valence electrons. The van der Waals surface area contributed by atoms with Crippen molar-refractivity contribution in [2.24, 2.45) is 5.92 Å². The molecule has 0 radical (unpaired) electrons. The van der Waals surface area contributed by atoms with Crippen molar-refractivity contribution >= 4 is 12.1 Å². The molecule has 1 heterocycles. The number of rotatable bonds is 3. The smallest absolute Gasteiger partial charge is 0.408 e. The molecular formula is C10H13NO5. The largest absolute Gasteiger partial charge is 0.498 e. The van der Waals surface area contributed by atoms with Crippen LogP contribution in [0, 0.1) is 5.92 Å². The second kappa shape index (κ2) is 3.70. The van der Waals surface area contributed by atoms with E-state index in [-0.39, 0.29) is 18.1 Å². The molecule has 0 aromatic rings. The Morgan fingerprint density at radius 1 is 1.38 bits per heavy atom. The Bertz CT molecular complexity index is 342. The van der Waals surface area contributed by atoms with Crippen LogP contribution in [0.2, 0.25) is 0 Å². The first-order valence-corrected chi connectivity index (χ1v) is 5.06. The first-order valence-electron chi connectivity index (χ1n) is 5.06. The van der Waals surface area contributed by atoms with E-state index in [1.165, 1.54) is 6.26 Å². The molecule has 4 atom stereocenters. The van der Waals surface area contributed by atoms with Crippen molar-refractivity contribution in [3.8, 4) is 0 Å². The summed E-state index contributed by atoms with van der Waals surface area (Å²) in [5, 5.41) is 18.0. The van der Waals surface area contributed by atoms with E-state index in [0.717, 1.165) is 4.90 Å². The maximum absolute atomic E-state index is 11.1.